The summed E-state index contributed by atoms with van der Waals surface area (Å²) in [5.41, 5.74) is 6.15. The van der Waals surface area contributed by atoms with E-state index >= 15 is 0 Å². The first-order valence-electron chi connectivity index (χ1n) is 5.60. The third kappa shape index (κ3) is 3.25. The van der Waals surface area contributed by atoms with E-state index in [9.17, 15) is 8.42 Å². The van der Waals surface area contributed by atoms with Crippen LogP contribution in [-0.4, -0.2) is 30.9 Å². The molecule has 1 atom stereocenters. The van der Waals surface area contributed by atoms with Crippen molar-refractivity contribution in [1.29, 1.82) is 0 Å². The van der Waals surface area contributed by atoms with Gasteiger partial charge in [-0.25, -0.2) is 13.1 Å². The number of aromatic amines is 1. The molecule has 1 fully saturated rings. The second-order valence-corrected chi connectivity index (χ2v) is 7.23. The zero-order chi connectivity index (χ0) is 12.3. The highest BCUT2D eigenvalue weighted by Crippen LogP contribution is 2.25. The molecule has 1 saturated heterocycles. The topological polar surface area (TPSA) is 88.0 Å². The summed E-state index contributed by atoms with van der Waals surface area (Å²) in [5, 5.41) is 0.415. The van der Waals surface area contributed by atoms with Crippen molar-refractivity contribution in [2.45, 2.75) is 29.5 Å². The molecule has 1 aromatic rings. The predicted octanol–water partition coefficient (Wildman–Crippen LogP) is 0.647. The van der Waals surface area contributed by atoms with Gasteiger partial charge < -0.3 is 10.7 Å². The molecule has 1 aromatic heterocycles. The lowest BCUT2D eigenvalue weighted by Gasteiger charge is -2.09. The van der Waals surface area contributed by atoms with Crippen LogP contribution in [0.1, 0.15) is 18.5 Å². The summed E-state index contributed by atoms with van der Waals surface area (Å²) in [6.07, 6.45) is 3.75. The van der Waals surface area contributed by atoms with Crippen LogP contribution in [0.15, 0.2) is 17.2 Å². The van der Waals surface area contributed by atoms with Gasteiger partial charge >= 0.3 is 0 Å². The Hall–Kier alpha value is -0.500. The lowest BCUT2D eigenvalue weighted by atomic mass is 10.2. The number of nitrogens with two attached hydrogens (primary N) is 1. The lowest BCUT2D eigenvalue weighted by molar-refractivity contribution is 0.579. The van der Waals surface area contributed by atoms with Crippen LogP contribution in [0.3, 0.4) is 0 Å². The molecule has 5 nitrogen and oxygen atoms in total. The Bertz CT molecular complexity index is 464. The minimum Gasteiger partial charge on any atom is -0.363 e. The van der Waals surface area contributed by atoms with E-state index in [1.165, 1.54) is 12.6 Å². The number of thioether (sulfide) groups is 1. The molecule has 0 spiro atoms. The Kier molecular flexibility index (Phi) is 4.13. The minimum atomic E-state index is -3.39. The van der Waals surface area contributed by atoms with Gasteiger partial charge in [-0.2, -0.15) is 11.8 Å². The van der Waals surface area contributed by atoms with Crippen molar-refractivity contribution in [3.63, 3.8) is 0 Å². The van der Waals surface area contributed by atoms with Crippen molar-refractivity contribution in [3.05, 3.63) is 18.0 Å². The van der Waals surface area contributed by atoms with E-state index in [0.717, 1.165) is 17.9 Å². The van der Waals surface area contributed by atoms with E-state index in [4.69, 9.17) is 5.73 Å². The van der Waals surface area contributed by atoms with Crippen molar-refractivity contribution >= 4 is 21.8 Å². The average Bonchev–Trinajstić information content (AvgIpc) is 2.98. The summed E-state index contributed by atoms with van der Waals surface area (Å²) in [5.74, 6) is 1.13. The molecular formula is C10H17N3O2S2. The summed E-state index contributed by atoms with van der Waals surface area (Å²) in [4.78, 5) is 3.10. The van der Waals surface area contributed by atoms with Gasteiger partial charge in [0, 0.05) is 30.2 Å². The van der Waals surface area contributed by atoms with Crippen LogP contribution in [0.4, 0.5) is 0 Å². The highest BCUT2D eigenvalue weighted by Gasteiger charge is 2.20. The van der Waals surface area contributed by atoms with Gasteiger partial charge in [0.15, 0.2) is 0 Å². The van der Waals surface area contributed by atoms with Crippen LogP contribution in [0.5, 0.6) is 0 Å². The Morgan fingerprint density at radius 3 is 3.00 bits per heavy atom. The minimum absolute atomic E-state index is 0.265. The molecule has 0 saturated carbocycles. The zero-order valence-corrected chi connectivity index (χ0v) is 11.1. The summed E-state index contributed by atoms with van der Waals surface area (Å²) < 4.78 is 26.5. The van der Waals surface area contributed by atoms with Gasteiger partial charge in [-0.1, -0.05) is 0 Å². The van der Waals surface area contributed by atoms with Gasteiger partial charge in [0.1, 0.15) is 0 Å². The molecule has 17 heavy (non-hydrogen) atoms. The molecule has 2 rings (SSSR count). The number of sulfonamides is 1. The van der Waals surface area contributed by atoms with E-state index in [0.29, 0.717) is 18.3 Å². The molecule has 0 radical (unpaired) electrons. The SMILES string of the molecule is NCc1cc(S(=O)(=O)NCC2CCCS2)c[nH]1. The largest absolute Gasteiger partial charge is 0.363 e. The molecule has 0 aliphatic carbocycles. The van der Waals surface area contributed by atoms with Crippen molar-refractivity contribution in [2.24, 2.45) is 5.73 Å². The molecule has 4 N–H and O–H groups in total. The molecule has 1 unspecified atom stereocenters. The fourth-order valence-electron chi connectivity index (χ4n) is 1.78. The highest BCUT2D eigenvalue weighted by molar-refractivity contribution is 8.00. The van der Waals surface area contributed by atoms with Crippen LogP contribution in [-0.2, 0) is 16.6 Å². The van der Waals surface area contributed by atoms with Gasteiger partial charge in [-0.05, 0) is 24.7 Å². The first kappa shape index (κ1) is 12.9. The molecule has 0 amide bonds. The van der Waals surface area contributed by atoms with E-state index in [1.807, 2.05) is 11.8 Å². The van der Waals surface area contributed by atoms with Gasteiger partial charge in [0.2, 0.25) is 10.0 Å². The fourth-order valence-corrected chi connectivity index (χ4v) is 4.19. The summed E-state index contributed by atoms with van der Waals surface area (Å²) in [6.45, 7) is 0.824. The van der Waals surface area contributed by atoms with Crippen molar-refractivity contribution in [1.82, 2.24) is 9.71 Å². The van der Waals surface area contributed by atoms with Crippen molar-refractivity contribution in [2.75, 3.05) is 12.3 Å². The fraction of sp³-hybridized carbons (Fsp3) is 0.600. The average molecular weight is 275 g/mol. The van der Waals surface area contributed by atoms with Crippen LogP contribution in [0.2, 0.25) is 0 Å². The number of aromatic nitrogens is 1. The number of H-pyrrole nitrogens is 1. The van der Waals surface area contributed by atoms with Crippen LogP contribution < -0.4 is 10.5 Å². The first-order valence-corrected chi connectivity index (χ1v) is 8.13. The zero-order valence-electron chi connectivity index (χ0n) is 9.48. The second-order valence-electron chi connectivity index (χ2n) is 4.05. The maximum atomic E-state index is 11.9. The lowest BCUT2D eigenvalue weighted by Crippen LogP contribution is -2.29. The van der Waals surface area contributed by atoms with E-state index in [1.54, 1.807) is 6.07 Å². The van der Waals surface area contributed by atoms with Gasteiger partial charge in [0.05, 0.1) is 4.90 Å². The van der Waals surface area contributed by atoms with Gasteiger partial charge in [0.25, 0.3) is 0 Å². The maximum absolute atomic E-state index is 11.9. The Balaban J connectivity index is 1.97. The third-order valence-corrected chi connectivity index (χ3v) is 5.57. The van der Waals surface area contributed by atoms with Crippen LogP contribution in [0, 0.1) is 0 Å². The van der Waals surface area contributed by atoms with Crippen molar-refractivity contribution in [3.8, 4) is 0 Å². The maximum Gasteiger partial charge on any atom is 0.242 e. The van der Waals surface area contributed by atoms with Crippen molar-refractivity contribution < 1.29 is 8.42 Å². The quantitative estimate of drug-likeness (QED) is 0.736. The molecule has 1 aliphatic rings. The second kappa shape index (κ2) is 5.43. The Morgan fingerprint density at radius 1 is 1.59 bits per heavy atom. The number of hydrogen-bond acceptors (Lipinski definition) is 4. The molecular weight excluding hydrogens is 258 g/mol. The highest BCUT2D eigenvalue weighted by atomic mass is 32.2. The van der Waals surface area contributed by atoms with Crippen LogP contribution in [0.25, 0.3) is 0 Å². The van der Waals surface area contributed by atoms with Gasteiger partial charge in [-0.15, -0.1) is 0 Å². The molecule has 0 aromatic carbocycles. The number of nitrogens with one attached hydrogen (secondary N) is 2. The first-order chi connectivity index (χ1) is 8.12. The Morgan fingerprint density at radius 2 is 2.41 bits per heavy atom. The third-order valence-electron chi connectivity index (χ3n) is 2.77. The van der Waals surface area contributed by atoms with E-state index in [-0.39, 0.29) is 4.90 Å². The normalized spacial score (nSPS) is 20.9. The molecule has 7 heteroatoms. The summed E-state index contributed by atoms with van der Waals surface area (Å²) >= 11 is 1.83. The van der Waals surface area contributed by atoms with Gasteiger partial charge in [-0.3, -0.25) is 0 Å². The van der Waals surface area contributed by atoms with Crippen LogP contribution >= 0.6 is 11.8 Å². The molecule has 2 heterocycles. The Labute approximate surface area is 106 Å². The molecule has 1 aliphatic heterocycles. The molecule has 96 valence electrons. The monoisotopic (exact) mass is 275 g/mol. The predicted molar refractivity (Wildman–Crippen MR) is 69.4 cm³/mol. The number of hydrogen-bond donors (Lipinski definition) is 3. The molecule has 0 bridgehead atoms. The summed E-state index contributed by atoms with van der Waals surface area (Å²) in [6, 6.07) is 1.57. The van der Waals surface area contributed by atoms with E-state index < -0.39 is 10.0 Å². The number of rotatable bonds is 5. The smallest absolute Gasteiger partial charge is 0.242 e. The van der Waals surface area contributed by atoms with E-state index in [2.05, 4.69) is 9.71 Å². The standard InChI is InChI=1S/C10H17N3O2S2/c11-5-8-4-10(7-12-8)17(14,15)13-6-9-2-1-3-16-9/h4,7,9,12-13H,1-3,5-6,11H2. The summed E-state index contributed by atoms with van der Waals surface area (Å²) in [7, 11) is -3.39.